The van der Waals surface area contributed by atoms with E-state index in [0.29, 0.717) is 16.8 Å². The van der Waals surface area contributed by atoms with Crippen molar-refractivity contribution < 1.29 is 13.9 Å². The van der Waals surface area contributed by atoms with Crippen molar-refractivity contribution in [3.8, 4) is 90.8 Å². The molecular weight excluding hydrogens is 1580 g/mol. The highest BCUT2D eigenvalue weighted by molar-refractivity contribution is 6.28. The lowest BCUT2D eigenvalue weighted by Gasteiger charge is -2.31. The van der Waals surface area contributed by atoms with Crippen LogP contribution in [0.4, 0.5) is 72.6 Å². The number of nitrogens with zero attached hydrogens (tertiary/aromatic N) is 6. The molecule has 21 aromatic rings. The minimum Gasteiger partial charge on any atom is -0.456 e. The first kappa shape index (κ1) is 77.9. The summed E-state index contributed by atoms with van der Waals surface area (Å²) in [5.74, 6) is 2.83. The first-order chi connectivity index (χ1) is 63.5. The highest BCUT2D eigenvalue weighted by atomic mass is 19.1. The zero-order valence-corrected chi connectivity index (χ0v) is 71.2. The van der Waals surface area contributed by atoms with E-state index < -0.39 is 0 Å². The van der Waals surface area contributed by atoms with Crippen LogP contribution in [0.5, 0.6) is 23.0 Å². The summed E-state index contributed by atoms with van der Waals surface area (Å²) in [5.41, 5.74) is 26.9. The molecule has 8 nitrogen and oxygen atoms in total. The maximum atomic E-state index is 17.6. The summed E-state index contributed by atoms with van der Waals surface area (Å²) >= 11 is 0. The van der Waals surface area contributed by atoms with Gasteiger partial charge in [-0.25, -0.2) is 4.39 Å². The SMILES string of the molecule is Cc1cc(C#N)cc(C)c1N(c1ccccc1)c1ccc2c(c1)Oc1cccc3c1c-2cc1c2ccccc2c(N(c2ccccc2)c2c(F)cc(-c4ccccc4)cc2-c2ccccc2)cc31.Cc1cc(C#N)cc(C)c1N(c1ccccc1)c1ccc2c(c1)Oc1cccc3c1c-2cc1c2ccccc2c(N(c2ccccc2)c2ccccc2-c2ccccc2)cc31. The topological polar surface area (TPSA) is 79.0 Å². The van der Waals surface area contributed by atoms with Gasteiger partial charge < -0.3 is 29.1 Å². The van der Waals surface area contributed by atoms with Gasteiger partial charge in [0.25, 0.3) is 0 Å². The van der Waals surface area contributed by atoms with E-state index in [-0.39, 0.29) is 5.82 Å². The molecule has 21 aromatic carbocycles. The van der Waals surface area contributed by atoms with Gasteiger partial charge in [0.15, 0.2) is 0 Å². The fourth-order valence-electron chi connectivity index (χ4n) is 19.8. The monoisotopic (exact) mass is 1660 g/mol. The Hall–Kier alpha value is -17.1. The Kier molecular flexibility index (Phi) is 19.6. The summed E-state index contributed by atoms with van der Waals surface area (Å²) < 4.78 is 31.5. The Bertz CT molecular complexity index is 8100. The molecule has 0 bridgehead atoms. The van der Waals surface area contributed by atoms with E-state index in [1.165, 1.54) is 21.7 Å². The number of nitriles is 2. The molecule has 2 heterocycles. The number of para-hydroxylation sites is 5. The average Bonchev–Trinajstić information content (AvgIpc) is 0.711. The first-order valence-corrected chi connectivity index (χ1v) is 43.5. The maximum Gasteiger partial charge on any atom is 0.148 e. The van der Waals surface area contributed by atoms with Crippen molar-refractivity contribution in [1.29, 1.82) is 10.5 Å². The van der Waals surface area contributed by atoms with Gasteiger partial charge in [0.1, 0.15) is 28.8 Å². The van der Waals surface area contributed by atoms with Gasteiger partial charge in [0.2, 0.25) is 0 Å². The zero-order valence-electron chi connectivity index (χ0n) is 71.2. The van der Waals surface area contributed by atoms with Crippen LogP contribution in [-0.4, -0.2) is 0 Å². The van der Waals surface area contributed by atoms with Gasteiger partial charge in [-0.2, -0.15) is 10.5 Å². The van der Waals surface area contributed by atoms with Crippen molar-refractivity contribution >= 4 is 133 Å². The molecule has 9 heteroatoms. The molecule has 129 heavy (non-hydrogen) atoms. The number of ether oxygens (including phenoxy) is 2. The van der Waals surface area contributed by atoms with Crippen LogP contribution in [0.15, 0.2) is 419 Å². The molecule has 0 atom stereocenters. The lowest BCUT2D eigenvalue weighted by molar-refractivity contribution is 0.487. The summed E-state index contributed by atoms with van der Waals surface area (Å²) in [6.07, 6.45) is 0. The standard InChI is InChI=1S/C63H42FN3O.C57H39N3O/c1-40-32-42(39-65)33-41(2)62(40)66(46-22-11-5-12-23-46)48-30-31-51-56-37-54-49-26-15-16-27-50(49)58(38-55(54)52-28-17-29-59(61(52)56)68-60(51)36-48)67(47-24-13-6-14-25-47)63-53(44-20-9-4-10-21-44)34-45(35-57(63)64)43-18-7-3-8-19-43;1-37-31-39(36-58)32-38(2)57(37)59(41-19-8-4-9-20-41)43-29-30-47-51-34-49-45-24-12-13-25-46(45)53(35-50(49)48-26-16-28-54(56(48)51)61-55(47)33-43)60(42-21-10-5-11-22-42)52-27-15-14-23-44(52)40-17-6-3-7-18-40/h3-38H,1-2H3;3-35H,1-2H3. The van der Waals surface area contributed by atoms with Crippen LogP contribution in [0.2, 0.25) is 0 Å². The lowest BCUT2D eigenvalue weighted by Crippen LogP contribution is -2.14. The molecule has 0 fully saturated rings. The fourth-order valence-corrected chi connectivity index (χ4v) is 19.8. The molecule has 0 aromatic heterocycles. The smallest absolute Gasteiger partial charge is 0.148 e. The number of aryl methyl sites for hydroxylation is 4. The van der Waals surface area contributed by atoms with Crippen molar-refractivity contribution in [1.82, 2.24) is 0 Å². The van der Waals surface area contributed by atoms with Crippen LogP contribution < -0.4 is 29.1 Å². The molecule has 0 saturated carbocycles. The Labute approximate surface area is 748 Å². The Morgan fingerprint density at radius 2 is 0.566 bits per heavy atom. The van der Waals surface area contributed by atoms with E-state index >= 15 is 4.39 Å². The van der Waals surface area contributed by atoms with E-state index in [9.17, 15) is 10.5 Å². The Morgan fingerprint density at radius 3 is 1.00 bits per heavy atom. The summed E-state index contributed by atoms with van der Waals surface area (Å²) in [4.78, 5) is 9.05. The number of anilines is 12. The molecule has 0 amide bonds. The maximum absolute atomic E-state index is 17.6. The third-order valence-corrected chi connectivity index (χ3v) is 25.3. The van der Waals surface area contributed by atoms with E-state index in [1.807, 2.05) is 121 Å². The number of fused-ring (bicyclic) bond motifs is 12. The third kappa shape index (κ3) is 13.7. The van der Waals surface area contributed by atoms with Crippen molar-refractivity contribution in [3.63, 3.8) is 0 Å². The van der Waals surface area contributed by atoms with E-state index in [4.69, 9.17) is 9.47 Å². The molecule has 2 aliphatic heterocycles. The molecule has 610 valence electrons. The van der Waals surface area contributed by atoms with Crippen LogP contribution in [0.25, 0.3) is 120 Å². The van der Waals surface area contributed by atoms with Gasteiger partial charge in [-0.1, -0.05) is 255 Å². The lowest BCUT2D eigenvalue weighted by atomic mass is 9.88. The van der Waals surface area contributed by atoms with Gasteiger partial charge >= 0.3 is 0 Å². The molecule has 0 unspecified atom stereocenters. The number of rotatable bonds is 15. The minimum atomic E-state index is -0.324. The van der Waals surface area contributed by atoms with Crippen molar-refractivity contribution in [3.05, 3.63) is 458 Å². The molecule has 2 aliphatic rings. The van der Waals surface area contributed by atoms with Crippen molar-refractivity contribution in [2.24, 2.45) is 0 Å². The fraction of sp³-hybridized carbons (Fsp3) is 0.0333. The molecule has 0 radical (unpaired) electrons. The predicted molar refractivity (Wildman–Crippen MR) is 532 cm³/mol. The summed E-state index contributed by atoms with van der Waals surface area (Å²) in [7, 11) is 0. The average molecular weight is 1660 g/mol. The quantitative estimate of drug-likeness (QED) is 0.0940. The summed E-state index contributed by atoms with van der Waals surface area (Å²) in [6, 6.07) is 150. The van der Waals surface area contributed by atoms with E-state index in [0.717, 1.165) is 206 Å². The molecule has 0 aliphatic carbocycles. The van der Waals surface area contributed by atoms with Crippen molar-refractivity contribution in [2.75, 3.05) is 19.6 Å². The van der Waals surface area contributed by atoms with Gasteiger partial charge in [0.05, 0.1) is 57.4 Å². The Morgan fingerprint density at radius 1 is 0.217 bits per heavy atom. The zero-order chi connectivity index (χ0) is 86.9. The van der Waals surface area contributed by atoms with Gasteiger partial charge in [0, 0.05) is 90.1 Å². The van der Waals surface area contributed by atoms with Crippen LogP contribution in [0, 0.1) is 56.2 Å². The van der Waals surface area contributed by atoms with Crippen LogP contribution in [0.1, 0.15) is 33.4 Å². The van der Waals surface area contributed by atoms with Crippen LogP contribution >= 0.6 is 0 Å². The second-order valence-corrected chi connectivity index (χ2v) is 33.1. The number of hydrogen-bond acceptors (Lipinski definition) is 8. The third-order valence-electron chi connectivity index (χ3n) is 25.3. The minimum absolute atomic E-state index is 0.324. The second kappa shape index (κ2) is 32.5. The van der Waals surface area contributed by atoms with Crippen LogP contribution in [-0.2, 0) is 0 Å². The normalized spacial score (nSPS) is 11.6. The molecular formula is C120H81FN6O2. The molecule has 0 spiro atoms. The summed E-state index contributed by atoms with van der Waals surface area (Å²) in [6.45, 7) is 8.27. The van der Waals surface area contributed by atoms with Gasteiger partial charge in [-0.05, 0) is 278 Å². The summed E-state index contributed by atoms with van der Waals surface area (Å²) in [5, 5.41) is 32.7. The number of hydrogen-bond donors (Lipinski definition) is 0. The predicted octanol–water partition coefficient (Wildman–Crippen LogP) is 33.8. The largest absolute Gasteiger partial charge is 0.456 e. The van der Waals surface area contributed by atoms with Gasteiger partial charge in [-0.15, -0.1) is 0 Å². The second-order valence-electron chi connectivity index (χ2n) is 33.1. The van der Waals surface area contributed by atoms with E-state index in [1.54, 1.807) is 6.07 Å². The van der Waals surface area contributed by atoms with E-state index in [2.05, 4.69) is 351 Å². The molecule has 23 rings (SSSR count). The molecule has 0 N–H and O–H groups in total. The first-order valence-electron chi connectivity index (χ1n) is 43.5. The van der Waals surface area contributed by atoms with Crippen LogP contribution in [0.3, 0.4) is 0 Å². The van der Waals surface area contributed by atoms with Crippen molar-refractivity contribution in [2.45, 2.75) is 27.7 Å². The Balaban J connectivity index is 0.000000153. The highest BCUT2D eigenvalue weighted by Crippen LogP contribution is 2.58. The highest BCUT2D eigenvalue weighted by Gasteiger charge is 2.32. The number of halogens is 1. The van der Waals surface area contributed by atoms with Gasteiger partial charge in [-0.3, -0.25) is 0 Å². The number of benzene rings is 21. The molecule has 0 saturated heterocycles.